The topological polar surface area (TPSA) is 84.8 Å². The summed E-state index contributed by atoms with van der Waals surface area (Å²) in [6.07, 6.45) is 1.41. The first-order valence-electron chi connectivity index (χ1n) is 3.35. The molecule has 1 heterocycles. The molecule has 0 saturated carbocycles. The third-order valence-corrected chi connectivity index (χ3v) is 1.99. The Bertz CT molecular complexity index is 380. The zero-order chi connectivity index (χ0) is 10.0. The van der Waals surface area contributed by atoms with Crippen LogP contribution in [0.4, 0.5) is 5.82 Å². The summed E-state index contributed by atoms with van der Waals surface area (Å²) < 4.78 is 1.52. The summed E-state index contributed by atoms with van der Waals surface area (Å²) >= 11 is 2.98. The maximum absolute atomic E-state index is 10.4. The van der Waals surface area contributed by atoms with Crippen molar-refractivity contribution in [2.24, 2.45) is 0 Å². The van der Waals surface area contributed by atoms with Gasteiger partial charge in [-0.3, -0.25) is 0 Å². The fraction of sp³-hybridized carbons (Fsp3) is 0.333. The van der Waals surface area contributed by atoms with Crippen molar-refractivity contribution in [3.63, 3.8) is 0 Å². The van der Waals surface area contributed by atoms with Crippen LogP contribution in [0.5, 0.6) is 0 Å². The lowest BCUT2D eigenvalue weighted by Crippen LogP contribution is -2.03. The van der Waals surface area contributed by atoms with Crippen LogP contribution in [-0.4, -0.2) is 14.7 Å². The predicted molar refractivity (Wildman–Crippen MR) is 46.9 cm³/mol. The molecule has 0 N–H and O–H groups in total. The van der Waals surface area contributed by atoms with Crippen LogP contribution in [0, 0.1) is 21.4 Å². The molecular formula is C6H5BrN4O2. The molecule has 68 valence electrons. The lowest BCUT2D eigenvalue weighted by atomic mass is 10.4. The highest BCUT2D eigenvalue weighted by molar-refractivity contribution is 9.10. The third-order valence-electron chi connectivity index (χ3n) is 1.43. The Morgan fingerprint density at radius 1 is 1.92 bits per heavy atom. The Morgan fingerprint density at radius 3 is 2.92 bits per heavy atom. The van der Waals surface area contributed by atoms with Gasteiger partial charge in [0.05, 0.1) is 17.4 Å². The van der Waals surface area contributed by atoms with Crippen molar-refractivity contribution >= 4 is 21.7 Å². The second kappa shape index (κ2) is 3.53. The second-order valence-electron chi connectivity index (χ2n) is 2.34. The SMILES string of the molecule is CC(C#N)n1cc(Br)c([N+](=O)[O-])n1. The minimum Gasteiger partial charge on any atom is -0.358 e. The van der Waals surface area contributed by atoms with E-state index in [1.54, 1.807) is 6.92 Å². The maximum Gasteiger partial charge on any atom is 0.404 e. The zero-order valence-electron chi connectivity index (χ0n) is 6.64. The standard InChI is InChI=1S/C6H5BrN4O2/c1-4(2-8)10-3-5(7)6(9-10)11(12)13/h3-4H,1H3. The largest absolute Gasteiger partial charge is 0.404 e. The van der Waals surface area contributed by atoms with Gasteiger partial charge in [0.25, 0.3) is 0 Å². The lowest BCUT2D eigenvalue weighted by molar-refractivity contribution is -0.390. The van der Waals surface area contributed by atoms with Crippen molar-refractivity contribution in [3.8, 4) is 6.07 Å². The minimum absolute atomic E-state index is 0.276. The summed E-state index contributed by atoms with van der Waals surface area (Å²) in [5.41, 5.74) is 0. The molecule has 6 nitrogen and oxygen atoms in total. The molecule has 0 amide bonds. The first-order chi connectivity index (χ1) is 6.06. The highest BCUT2D eigenvalue weighted by atomic mass is 79.9. The number of hydrogen-bond donors (Lipinski definition) is 0. The average Bonchev–Trinajstić information content (AvgIpc) is 2.46. The first-order valence-corrected chi connectivity index (χ1v) is 4.14. The molecule has 0 radical (unpaired) electrons. The van der Waals surface area contributed by atoms with E-state index in [-0.39, 0.29) is 10.3 Å². The van der Waals surface area contributed by atoms with E-state index >= 15 is 0 Å². The van der Waals surface area contributed by atoms with Crippen LogP contribution < -0.4 is 0 Å². The molecule has 0 spiro atoms. The molecule has 0 aliphatic carbocycles. The summed E-state index contributed by atoms with van der Waals surface area (Å²) in [7, 11) is 0. The van der Waals surface area contributed by atoms with Crippen molar-refractivity contribution < 1.29 is 4.92 Å². The normalized spacial score (nSPS) is 12.1. The lowest BCUT2D eigenvalue weighted by Gasteiger charge is -1.93. The van der Waals surface area contributed by atoms with Gasteiger partial charge in [-0.1, -0.05) is 0 Å². The van der Waals surface area contributed by atoms with E-state index in [0.29, 0.717) is 0 Å². The molecule has 13 heavy (non-hydrogen) atoms. The number of aromatic nitrogens is 2. The Morgan fingerprint density at radius 2 is 2.54 bits per heavy atom. The summed E-state index contributed by atoms with van der Waals surface area (Å²) in [6.45, 7) is 1.60. The number of hydrogen-bond acceptors (Lipinski definition) is 4. The van der Waals surface area contributed by atoms with E-state index in [1.807, 2.05) is 6.07 Å². The monoisotopic (exact) mass is 244 g/mol. The number of nitro groups is 1. The van der Waals surface area contributed by atoms with E-state index in [1.165, 1.54) is 10.9 Å². The quantitative estimate of drug-likeness (QED) is 0.585. The van der Waals surface area contributed by atoms with Gasteiger partial charge in [0.15, 0.2) is 6.04 Å². The van der Waals surface area contributed by atoms with Gasteiger partial charge < -0.3 is 10.1 Å². The molecule has 1 unspecified atom stereocenters. The third kappa shape index (κ3) is 1.84. The van der Waals surface area contributed by atoms with Crippen molar-refractivity contribution in [2.75, 3.05) is 0 Å². The zero-order valence-corrected chi connectivity index (χ0v) is 8.22. The van der Waals surface area contributed by atoms with E-state index in [0.717, 1.165) is 0 Å². The van der Waals surface area contributed by atoms with Crippen LogP contribution in [0.2, 0.25) is 0 Å². The number of nitrogens with zero attached hydrogens (tertiary/aromatic N) is 4. The van der Waals surface area contributed by atoms with Gasteiger partial charge in [-0.15, -0.1) is 0 Å². The van der Waals surface area contributed by atoms with Gasteiger partial charge >= 0.3 is 5.82 Å². The average molecular weight is 245 g/mol. The summed E-state index contributed by atoms with van der Waals surface area (Å²) in [5, 5.41) is 22.5. The van der Waals surface area contributed by atoms with E-state index in [9.17, 15) is 10.1 Å². The Balaban J connectivity index is 3.10. The molecule has 0 aromatic carbocycles. The Kier molecular flexibility index (Phi) is 2.63. The number of halogens is 1. The Labute approximate surface area is 82.0 Å². The van der Waals surface area contributed by atoms with Crippen LogP contribution in [0.1, 0.15) is 13.0 Å². The highest BCUT2D eigenvalue weighted by Gasteiger charge is 2.20. The van der Waals surface area contributed by atoms with Crippen LogP contribution in [0.15, 0.2) is 10.7 Å². The fourth-order valence-electron chi connectivity index (χ4n) is 0.741. The molecule has 1 aromatic heterocycles. The summed E-state index contributed by atoms with van der Waals surface area (Å²) in [6, 6.07) is 1.41. The summed E-state index contributed by atoms with van der Waals surface area (Å²) in [5.74, 6) is -0.276. The van der Waals surface area contributed by atoms with Crippen LogP contribution in [0.3, 0.4) is 0 Å². The first kappa shape index (κ1) is 9.67. The number of rotatable bonds is 2. The van der Waals surface area contributed by atoms with E-state index < -0.39 is 11.0 Å². The molecule has 1 rings (SSSR count). The molecule has 1 aromatic rings. The molecule has 0 aliphatic rings. The molecule has 0 saturated heterocycles. The fourth-order valence-corrected chi connectivity index (χ4v) is 1.18. The van der Waals surface area contributed by atoms with Crippen molar-refractivity contribution in [1.29, 1.82) is 5.26 Å². The van der Waals surface area contributed by atoms with Crippen LogP contribution in [0.25, 0.3) is 0 Å². The van der Waals surface area contributed by atoms with Crippen molar-refractivity contribution in [3.05, 3.63) is 20.8 Å². The highest BCUT2D eigenvalue weighted by Crippen LogP contribution is 2.23. The number of nitriles is 1. The molecular weight excluding hydrogens is 240 g/mol. The van der Waals surface area contributed by atoms with Gasteiger partial charge in [0, 0.05) is 0 Å². The van der Waals surface area contributed by atoms with Gasteiger partial charge in [0.1, 0.15) is 4.47 Å². The van der Waals surface area contributed by atoms with Gasteiger partial charge in [0.2, 0.25) is 0 Å². The second-order valence-corrected chi connectivity index (χ2v) is 3.20. The molecule has 0 aliphatic heterocycles. The van der Waals surface area contributed by atoms with Crippen LogP contribution >= 0.6 is 15.9 Å². The molecule has 7 heteroatoms. The summed E-state index contributed by atoms with van der Waals surface area (Å²) in [4.78, 5) is 9.76. The molecule has 0 fully saturated rings. The van der Waals surface area contributed by atoms with Crippen molar-refractivity contribution in [2.45, 2.75) is 13.0 Å². The van der Waals surface area contributed by atoms with E-state index in [2.05, 4.69) is 21.0 Å². The molecule has 1 atom stereocenters. The smallest absolute Gasteiger partial charge is 0.358 e. The maximum atomic E-state index is 10.4. The Hall–Kier alpha value is -1.42. The van der Waals surface area contributed by atoms with Gasteiger partial charge in [-0.25, -0.2) is 0 Å². The predicted octanol–water partition coefficient (Wildman–Crippen LogP) is 1.64. The van der Waals surface area contributed by atoms with Crippen LogP contribution in [-0.2, 0) is 0 Å². The van der Waals surface area contributed by atoms with Gasteiger partial charge in [-0.2, -0.15) is 9.94 Å². The molecule has 0 bridgehead atoms. The van der Waals surface area contributed by atoms with Gasteiger partial charge in [-0.05, 0) is 27.8 Å². The van der Waals surface area contributed by atoms with E-state index in [4.69, 9.17) is 5.26 Å². The van der Waals surface area contributed by atoms with Crippen molar-refractivity contribution in [1.82, 2.24) is 9.78 Å². The minimum atomic E-state index is -0.606.